The van der Waals surface area contributed by atoms with E-state index in [2.05, 4.69) is 33.0 Å². The summed E-state index contributed by atoms with van der Waals surface area (Å²) in [6, 6.07) is 6.51. The molecule has 0 fully saturated rings. The average molecular weight is 307 g/mol. The molecule has 0 aliphatic carbocycles. The Balaban J connectivity index is 2.57. The van der Waals surface area contributed by atoms with Crippen molar-refractivity contribution in [1.82, 2.24) is 10.6 Å². The van der Waals surface area contributed by atoms with Crippen LogP contribution in [0.4, 0.5) is 5.69 Å². The Kier molecular flexibility index (Phi) is 7.25. The largest absolute Gasteiger partial charge is 0.382 e. The van der Waals surface area contributed by atoms with E-state index >= 15 is 0 Å². The summed E-state index contributed by atoms with van der Waals surface area (Å²) in [4.78, 5) is 26.8. The molecule has 1 atom stereocenters. The highest BCUT2D eigenvalue weighted by Crippen LogP contribution is 2.11. The van der Waals surface area contributed by atoms with Crippen LogP contribution in [-0.2, 0) is 20.9 Å². The van der Waals surface area contributed by atoms with Gasteiger partial charge in [-0.05, 0) is 29.9 Å². The van der Waals surface area contributed by atoms with E-state index in [1.807, 2.05) is 12.1 Å². The fourth-order valence-corrected chi connectivity index (χ4v) is 1.75. The van der Waals surface area contributed by atoms with Gasteiger partial charge in [0, 0.05) is 20.6 Å². The molecule has 0 heterocycles. The maximum atomic E-state index is 12.0. The summed E-state index contributed by atoms with van der Waals surface area (Å²) in [5, 5.41) is 7.56. The maximum Gasteiger partial charge on any atom is 0.245 e. The predicted octanol–water partition coefficient (Wildman–Crippen LogP) is 1.19. The van der Waals surface area contributed by atoms with Gasteiger partial charge in [-0.1, -0.05) is 12.1 Å². The summed E-state index contributed by atoms with van der Waals surface area (Å²) in [5.41, 5.74) is 1.61. The number of nitrogens with zero attached hydrogens (tertiary/aromatic N) is 1. The monoisotopic (exact) mass is 307 g/mol. The molecule has 6 nitrogen and oxygen atoms in total. The van der Waals surface area contributed by atoms with Crippen LogP contribution in [-0.4, -0.2) is 36.7 Å². The molecule has 0 aliphatic rings. The smallest absolute Gasteiger partial charge is 0.245 e. The van der Waals surface area contributed by atoms with Crippen molar-refractivity contribution in [2.24, 2.45) is 4.99 Å². The van der Waals surface area contributed by atoms with Crippen molar-refractivity contribution in [3.05, 3.63) is 29.8 Å². The van der Waals surface area contributed by atoms with E-state index in [9.17, 15) is 9.59 Å². The van der Waals surface area contributed by atoms with Crippen LogP contribution < -0.4 is 10.6 Å². The first kappa shape index (κ1) is 17.0. The van der Waals surface area contributed by atoms with Crippen molar-refractivity contribution >= 4 is 34.9 Å². The highest BCUT2D eigenvalue weighted by molar-refractivity contribution is 7.78. The van der Waals surface area contributed by atoms with Gasteiger partial charge in [0.1, 0.15) is 6.04 Å². The van der Waals surface area contributed by atoms with Crippen LogP contribution in [0.3, 0.4) is 0 Å². The number of ether oxygens (including phenoxy) is 1. The fourth-order valence-electron chi connectivity index (χ4n) is 1.65. The van der Waals surface area contributed by atoms with Crippen LogP contribution >= 0.6 is 12.2 Å². The highest BCUT2D eigenvalue weighted by atomic mass is 32.1. The lowest BCUT2D eigenvalue weighted by Gasteiger charge is -2.16. The van der Waals surface area contributed by atoms with Crippen LogP contribution in [0.1, 0.15) is 12.5 Å². The summed E-state index contributed by atoms with van der Waals surface area (Å²) >= 11 is 4.52. The van der Waals surface area contributed by atoms with Gasteiger partial charge in [0.25, 0.3) is 0 Å². The number of methoxy groups -OCH3 is 1. The van der Waals surface area contributed by atoms with Gasteiger partial charge in [-0.2, -0.15) is 4.99 Å². The quantitative estimate of drug-likeness (QED) is 0.586. The number of carbonyl (C=O) groups is 2. The molecule has 0 aliphatic heterocycles. The lowest BCUT2D eigenvalue weighted by Crippen LogP contribution is -2.48. The minimum atomic E-state index is -0.703. The van der Waals surface area contributed by atoms with E-state index in [-0.39, 0.29) is 18.4 Å². The molecule has 7 heteroatoms. The lowest BCUT2D eigenvalue weighted by molar-refractivity contribution is -0.129. The molecule has 0 aromatic heterocycles. The van der Waals surface area contributed by atoms with Crippen LogP contribution in [0.15, 0.2) is 29.3 Å². The number of amides is 2. The third-order valence-corrected chi connectivity index (χ3v) is 2.70. The summed E-state index contributed by atoms with van der Waals surface area (Å²) in [7, 11) is 1.47. The Morgan fingerprint density at radius 1 is 1.38 bits per heavy atom. The number of hydrogen-bond donors (Lipinski definition) is 2. The number of thiocarbonyl (C=S) groups is 1. The highest BCUT2D eigenvalue weighted by Gasteiger charge is 2.18. The molecule has 0 saturated carbocycles. The SMILES string of the molecule is COC[C@@H](NC(C)=O)C(=O)NCc1ccc(N=C=S)cc1. The van der Waals surface area contributed by atoms with Gasteiger partial charge < -0.3 is 15.4 Å². The zero-order chi connectivity index (χ0) is 15.7. The molecular weight excluding hydrogens is 290 g/mol. The van der Waals surface area contributed by atoms with Gasteiger partial charge in [0.2, 0.25) is 11.8 Å². The Hall–Kier alpha value is -2.08. The molecule has 0 radical (unpaired) electrons. The van der Waals surface area contributed by atoms with Gasteiger partial charge in [-0.3, -0.25) is 9.59 Å². The molecule has 112 valence electrons. The molecule has 2 amide bonds. The summed E-state index contributed by atoms with van der Waals surface area (Å²) in [6.07, 6.45) is 0. The van der Waals surface area contributed by atoms with E-state index in [1.54, 1.807) is 12.1 Å². The standard InChI is InChI=1S/C14H17N3O3S/c1-10(18)17-13(8-20-2)14(19)15-7-11-3-5-12(6-4-11)16-9-21/h3-6,13H,7-8H2,1-2H3,(H,15,19)(H,17,18)/t13-/m1/s1. The minimum absolute atomic E-state index is 0.119. The molecule has 0 unspecified atom stereocenters. The van der Waals surface area contributed by atoms with Gasteiger partial charge in [-0.25, -0.2) is 0 Å². The van der Waals surface area contributed by atoms with Crippen LogP contribution in [0.5, 0.6) is 0 Å². The van der Waals surface area contributed by atoms with Crippen molar-refractivity contribution in [1.29, 1.82) is 0 Å². The number of nitrogens with one attached hydrogen (secondary N) is 2. The number of aliphatic imine (C=N–C) groups is 1. The Bertz CT molecular complexity index is 539. The molecule has 1 aromatic carbocycles. The van der Waals surface area contributed by atoms with Crippen molar-refractivity contribution < 1.29 is 14.3 Å². The number of carbonyl (C=O) groups excluding carboxylic acids is 2. The minimum Gasteiger partial charge on any atom is -0.382 e. The van der Waals surface area contributed by atoms with Crippen molar-refractivity contribution in [3.63, 3.8) is 0 Å². The second-order valence-corrected chi connectivity index (χ2v) is 4.48. The molecule has 1 rings (SSSR count). The third kappa shape index (κ3) is 6.27. The van der Waals surface area contributed by atoms with Gasteiger partial charge in [0.05, 0.1) is 17.5 Å². The first-order chi connectivity index (χ1) is 10.1. The molecule has 21 heavy (non-hydrogen) atoms. The Morgan fingerprint density at radius 3 is 2.57 bits per heavy atom. The summed E-state index contributed by atoms with van der Waals surface area (Å²) < 4.78 is 4.92. The summed E-state index contributed by atoms with van der Waals surface area (Å²) in [5.74, 6) is -0.581. The lowest BCUT2D eigenvalue weighted by atomic mass is 10.2. The first-order valence-electron chi connectivity index (χ1n) is 6.27. The van der Waals surface area contributed by atoms with Crippen LogP contribution in [0, 0.1) is 0 Å². The topological polar surface area (TPSA) is 79.8 Å². The van der Waals surface area contributed by atoms with Gasteiger partial charge >= 0.3 is 0 Å². The second-order valence-electron chi connectivity index (χ2n) is 4.30. The summed E-state index contributed by atoms with van der Waals surface area (Å²) in [6.45, 7) is 1.82. The molecular formula is C14H17N3O3S. The Morgan fingerprint density at radius 2 is 2.05 bits per heavy atom. The van der Waals surface area contributed by atoms with E-state index in [1.165, 1.54) is 14.0 Å². The molecule has 0 spiro atoms. The van der Waals surface area contributed by atoms with E-state index in [0.29, 0.717) is 12.2 Å². The molecule has 0 saturated heterocycles. The Labute approximate surface area is 128 Å². The van der Waals surface area contributed by atoms with Crippen molar-refractivity contribution in [2.45, 2.75) is 19.5 Å². The van der Waals surface area contributed by atoms with Gasteiger partial charge in [0.15, 0.2) is 0 Å². The van der Waals surface area contributed by atoms with Crippen molar-refractivity contribution in [2.75, 3.05) is 13.7 Å². The fraction of sp³-hybridized carbons (Fsp3) is 0.357. The number of hydrogen-bond acceptors (Lipinski definition) is 5. The predicted molar refractivity (Wildman–Crippen MR) is 82.5 cm³/mol. The zero-order valence-corrected chi connectivity index (χ0v) is 12.7. The average Bonchev–Trinajstić information content (AvgIpc) is 2.45. The van der Waals surface area contributed by atoms with Gasteiger partial charge in [-0.15, -0.1) is 0 Å². The number of isothiocyanates is 1. The molecule has 2 N–H and O–H groups in total. The number of rotatable bonds is 7. The molecule has 1 aromatic rings. The van der Waals surface area contributed by atoms with Crippen LogP contribution in [0.25, 0.3) is 0 Å². The molecule has 0 bridgehead atoms. The number of benzene rings is 1. The van der Waals surface area contributed by atoms with E-state index in [4.69, 9.17) is 4.74 Å². The van der Waals surface area contributed by atoms with E-state index < -0.39 is 6.04 Å². The van der Waals surface area contributed by atoms with Crippen LogP contribution in [0.2, 0.25) is 0 Å². The van der Waals surface area contributed by atoms with E-state index in [0.717, 1.165) is 5.56 Å². The second kappa shape index (κ2) is 8.97. The first-order valence-corrected chi connectivity index (χ1v) is 6.68. The third-order valence-electron chi connectivity index (χ3n) is 2.61. The maximum absolute atomic E-state index is 12.0. The normalized spacial score (nSPS) is 11.1. The zero-order valence-electron chi connectivity index (χ0n) is 11.9. The van der Waals surface area contributed by atoms with Crippen molar-refractivity contribution in [3.8, 4) is 0 Å².